The van der Waals surface area contributed by atoms with Crippen LogP contribution in [0.5, 0.6) is 0 Å². The fourth-order valence-corrected chi connectivity index (χ4v) is 1.46. The number of rotatable bonds is 4. The highest BCUT2D eigenvalue weighted by atomic mass is 31.1. The Morgan fingerprint density at radius 2 is 1.83 bits per heavy atom. The van der Waals surface area contributed by atoms with Gasteiger partial charge in [0.05, 0.1) is 15.9 Å². The van der Waals surface area contributed by atoms with Gasteiger partial charge in [-0.15, -0.1) is 0 Å². The quantitative estimate of drug-likeness (QED) is 0.513. The van der Waals surface area contributed by atoms with E-state index in [9.17, 15) is 25.0 Å². The molecule has 1 N–H and O–H groups in total. The van der Waals surface area contributed by atoms with Crippen molar-refractivity contribution in [1.29, 1.82) is 0 Å². The smallest absolute Gasteiger partial charge is 0.299 e. The highest BCUT2D eigenvalue weighted by Gasteiger charge is 2.21. The summed E-state index contributed by atoms with van der Waals surface area (Å²) in [7, 11) is -0.944. The molecule has 18 heavy (non-hydrogen) atoms. The largest absolute Gasteiger partial charge is 0.317 e. The number of nitro benzene ring substituents is 2. The van der Waals surface area contributed by atoms with Crippen LogP contribution in [0.15, 0.2) is 18.2 Å². The van der Waals surface area contributed by atoms with Crippen molar-refractivity contribution in [1.82, 2.24) is 0 Å². The first-order valence-electron chi connectivity index (χ1n) is 4.74. The zero-order valence-electron chi connectivity index (χ0n) is 9.61. The number of amides is 1. The fourth-order valence-electron chi connectivity index (χ4n) is 1.12. The average molecular weight is 271 g/mol. The zero-order valence-corrected chi connectivity index (χ0v) is 10.5. The lowest BCUT2D eigenvalue weighted by molar-refractivity contribution is -0.393. The van der Waals surface area contributed by atoms with Crippen molar-refractivity contribution in [2.45, 2.75) is 0 Å². The second kappa shape index (κ2) is 5.50. The molecule has 0 aliphatic carbocycles. The van der Waals surface area contributed by atoms with Gasteiger partial charge in [0.25, 0.3) is 11.4 Å². The second-order valence-corrected chi connectivity index (χ2v) is 5.74. The van der Waals surface area contributed by atoms with Crippen molar-refractivity contribution in [3.63, 3.8) is 0 Å². The molecule has 0 aliphatic heterocycles. The molecule has 0 saturated heterocycles. The van der Waals surface area contributed by atoms with Gasteiger partial charge in [0.2, 0.25) is 5.65 Å². The normalized spacial score (nSPS) is 10.2. The molecule has 9 heteroatoms. The summed E-state index contributed by atoms with van der Waals surface area (Å²) in [6.45, 7) is 3.39. The van der Waals surface area contributed by atoms with E-state index >= 15 is 0 Å². The van der Waals surface area contributed by atoms with Gasteiger partial charge in [-0.25, -0.2) is 0 Å². The Bertz CT molecular complexity index is 517. The van der Waals surface area contributed by atoms with Crippen molar-refractivity contribution >= 4 is 30.6 Å². The molecule has 0 saturated carbocycles. The van der Waals surface area contributed by atoms with Crippen LogP contribution in [0.1, 0.15) is 0 Å². The number of hydrogen-bond acceptors (Lipinski definition) is 5. The van der Waals surface area contributed by atoms with E-state index in [4.69, 9.17) is 0 Å². The van der Waals surface area contributed by atoms with Crippen LogP contribution in [-0.4, -0.2) is 28.8 Å². The van der Waals surface area contributed by atoms with Crippen molar-refractivity contribution < 1.29 is 14.6 Å². The van der Waals surface area contributed by atoms with E-state index in [-0.39, 0.29) is 11.3 Å². The maximum Gasteiger partial charge on any atom is 0.299 e. The Kier molecular flexibility index (Phi) is 4.28. The molecule has 1 amide bonds. The molecule has 96 valence electrons. The zero-order chi connectivity index (χ0) is 13.9. The summed E-state index contributed by atoms with van der Waals surface area (Å²) in [5.74, 6) is 0. The Morgan fingerprint density at radius 1 is 1.22 bits per heavy atom. The topological polar surface area (TPSA) is 115 Å². The molecule has 0 fully saturated rings. The molecule has 1 aromatic rings. The van der Waals surface area contributed by atoms with Crippen LogP contribution in [0.2, 0.25) is 0 Å². The number of carbonyl (C=O) groups excluding carboxylic acids is 1. The monoisotopic (exact) mass is 271 g/mol. The molecule has 0 heterocycles. The molecule has 8 nitrogen and oxygen atoms in total. The Labute approximate surface area is 103 Å². The first-order valence-corrected chi connectivity index (χ1v) is 6.97. The summed E-state index contributed by atoms with van der Waals surface area (Å²) >= 11 is 0. The van der Waals surface area contributed by atoms with E-state index in [0.29, 0.717) is 0 Å². The van der Waals surface area contributed by atoms with Gasteiger partial charge in [-0.2, -0.15) is 0 Å². The number of anilines is 1. The molecular weight excluding hydrogens is 261 g/mol. The Hall–Kier alpha value is -2.08. The average Bonchev–Trinajstić information content (AvgIpc) is 2.28. The lowest BCUT2D eigenvalue weighted by Crippen LogP contribution is -2.08. The predicted molar refractivity (Wildman–Crippen MR) is 67.5 cm³/mol. The number of nitrogens with zero attached hydrogens (tertiary/aromatic N) is 2. The molecule has 0 atom stereocenters. The summed E-state index contributed by atoms with van der Waals surface area (Å²) in [6.07, 6.45) is 0. The number of carbonyl (C=O) groups is 1. The van der Waals surface area contributed by atoms with Gasteiger partial charge in [0.15, 0.2) is 0 Å². The summed E-state index contributed by atoms with van der Waals surface area (Å²) in [5.41, 5.74) is -1.25. The lowest BCUT2D eigenvalue weighted by Gasteiger charge is -2.07. The van der Waals surface area contributed by atoms with E-state index < -0.39 is 29.1 Å². The first kappa shape index (κ1) is 14.0. The lowest BCUT2D eigenvalue weighted by atomic mass is 10.2. The number of nitro groups is 2. The van der Waals surface area contributed by atoms with E-state index in [1.54, 1.807) is 13.3 Å². The highest BCUT2D eigenvalue weighted by molar-refractivity contribution is 7.73. The van der Waals surface area contributed by atoms with Crippen LogP contribution in [-0.2, 0) is 0 Å². The molecular formula is C9H10N3O5P. The predicted octanol–water partition coefficient (Wildman–Crippen LogP) is 2.78. The summed E-state index contributed by atoms with van der Waals surface area (Å²) in [6, 6.07) is 3.09. The van der Waals surface area contributed by atoms with E-state index in [0.717, 1.165) is 18.2 Å². The molecule has 0 aliphatic rings. The van der Waals surface area contributed by atoms with Gasteiger partial charge in [-0.1, -0.05) is 0 Å². The van der Waals surface area contributed by atoms with E-state index in [1.165, 1.54) is 0 Å². The molecule has 0 bridgehead atoms. The number of nitrogens with one attached hydrogen (secondary N) is 1. The molecule has 1 rings (SSSR count). The third kappa shape index (κ3) is 3.21. The van der Waals surface area contributed by atoms with Crippen LogP contribution in [0.25, 0.3) is 0 Å². The summed E-state index contributed by atoms with van der Waals surface area (Å²) in [5, 5.41) is 23.7. The first-order chi connectivity index (χ1) is 8.32. The van der Waals surface area contributed by atoms with E-state index in [1.807, 2.05) is 0 Å². The van der Waals surface area contributed by atoms with Crippen molar-refractivity contribution in [2.75, 3.05) is 18.6 Å². The summed E-state index contributed by atoms with van der Waals surface area (Å²) in [4.78, 5) is 31.3. The van der Waals surface area contributed by atoms with Crippen molar-refractivity contribution in [2.24, 2.45) is 0 Å². The minimum absolute atomic E-state index is 0.0354. The van der Waals surface area contributed by atoms with Gasteiger partial charge < -0.3 is 5.32 Å². The molecule has 0 radical (unpaired) electrons. The minimum Gasteiger partial charge on any atom is -0.317 e. The van der Waals surface area contributed by atoms with Crippen LogP contribution < -0.4 is 5.32 Å². The standard InChI is InChI=1S/C9H10N3O5P/c1-18(2)9(13)10-7-4-3-6(11(14)15)5-8(7)12(16)17/h3-5H,1-2H3,(H,10,13). The SMILES string of the molecule is CP(C)C(=O)Nc1ccc([N+](=O)[O-])cc1[N+](=O)[O-]. The Balaban J connectivity index is 3.16. The van der Waals surface area contributed by atoms with Gasteiger partial charge in [-0.05, 0) is 27.3 Å². The Morgan fingerprint density at radius 3 is 2.28 bits per heavy atom. The molecule has 0 unspecified atom stereocenters. The highest BCUT2D eigenvalue weighted by Crippen LogP contribution is 2.33. The summed E-state index contributed by atoms with van der Waals surface area (Å²) < 4.78 is 0. The van der Waals surface area contributed by atoms with Gasteiger partial charge in [0, 0.05) is 6.07 Å². The minimum atomic E-state index is -0.944. The van der Waals surface area contributed by atoms with Crippen molar-refractivity contribution in [3.05, 3.63) is 38.4 Å². The van der Waals surface area contributed by atoms with E-state index in [2.05, 4.69) is 5.32 Å². The second-order valence-electron chi connectivity index (χ2n) is 3.54. The number of non-ortho nitro benzene ring substituents is 1. The maximum atomic E-state index is 11.5. The fraction of sp³-hybridized carbons (Fsp3) is 0.222. The third-order valence-electron chi connectivity index (χ3n) is 2.04. The van der Waals surface area contributed by atoms with Gasteiger partial charge >= 0.3 is 0 Å². The van der Waals surface area contributed by atoms with Crippen LogP contribution in [0.4, 0.5) is 21.9 Å². The van der Waals surface area contributed by atoms with Gasteiger partial charge in [0.1, 0.15) is 5.69 Å². The van der Waals surface area contributed by atoms with Crippen LogP contribution in [0, 0.1) is 20.2 Å². The molecule has 1 aromatic carbocycles. The number of benzene rings is 1. The third-order valence-corrected chi connectivity index (χ3v) is 2.96. The van der Waals surface area contributed by atoms with Crippen LogP contribution in [0.3, 0.4) is 0 Å². The number of hydrogen-bond donors (Lipinski definition) is 1. The molecule has 0 spiro atoms. The van der Waals surface area contributed by atoms with Crippen LogP contribution >= 0.6 is 7.92 Å². The van der Waals surface area contributed by atoms with Crippen molar-refractivity contribution in [3.8, 4) is 0 Å². The molecule has 0 aromatic heterocycles. The maximum absolute atomic E-state index is 11.5. The van der Waals surface area contributed by atoms with Gasteiger partial charge in [-0.3, -0.25) is 25.0 Å².